The minimum Gasteiger partial charge on any atom is -0.453 e. The molecule has 0 fully saturated rings. The van der Waals surface area contributed by atoms with Gasteiger partial charge in [0.25, 0.3) is 0 Å². The molecule has 10 heteroatoms. The SMILES string of the molecule is CCN(CC)S(=O)(=O)c1cc(C(=O)OCc2cc(-c3ccc(Cl)cc3)no2)n(C)c1. The summed E-state index contributed by atoms with van der Waals surface area (Å²) in [7, 11) is -2.08. The van der Waals surface area contributed by atoms with Gasteiger partial charge in [-0.05, 0) is 18.2 Å². The summed E-state index contributed by atoms with van der Waals surface area (Å²) in [5, 5.41) is 4.57. The second-order valence-corrected chi connectivity index (χ2v) is 8.90. The summed E-state index contributed by atoms with van der Waals surface area (Å²) in [4.78, 5) is 12.5. The monoisotopic (exact) mass is 451 g/mol. The highest BCUT2D eigenvalue weighted by molar-refractivity contribution is 7.89. The van der Waals surface area contributed by atoms with Crippen molar-refractivity contribution in [3.63, 3.8) is 0 Å². The van der Waals surface area contributed by atoms with E-state index in [1.807, 2.05) is 0 Å². The summed E-state index contributed by atoms with van der Waals surface area (Å²) in [6.07, 6.45) is 1.40. The fourth-order valence-corrected chi connectivity index (χ4v) is 4.59. The third-order valence-electron chi connectivity index (χ3n) is 4.58. The zero-order valence-corrected chi connectivity index (χ0v) is 18.4. The molecule has 0 atom stereocenters. The molecule has 0 aliphatic rings. The number of halogens is 1. The molecule has 0 radical (unpaired) electrons. The molecular weight excluding hydrogens is 430 g/mol. The lowest BCUT2D eigenvalue weighted by atomic mass is 10.1. The maximum atomic E-state index is 12.6. The smallest absolute Gasteiger partial charge is 0.355 e. The highest BCUT2D eigenvalue weighted by Crippen LogP contribution is 2.22. The van der Waals surface area contributed by atoms with Crippen LogP contribution < -0.4 is 0 Å². The first kappa shape index (κ1) is 22.1. The van der Waals surface area contributed by atoms with Gasteiger partial charge in [-0.3, -0.25) is 0 Å². The number of hydrogen-bond acceptors (Lipinski definition) is 6. The van der Waals surface area contributed by atoms with E-state index in [0.29, 0.717) is 29.6 Å². The number of esters is 1. The van der Waals surface area contributed by atoms with Gasteiger partial charge in [-0.1, -0.05) is 42.7 Å². The number of carbonyl (C=O) groups is 1. The lowest BCUT2D eigenvalue weighted by molar-refractivity contribution is 0.0426. The van der Waals surface area contributed by atoms with Crippen molar-refractivity contribution in [3.8, 4) is 11.3 Å². The van der Waals surface area contributed by atoms with Crippen LogP contribution in [0.3, 0.4) is 0 Å². The molecule has 0 saturated heterocycles. The number of ether oxygens (including phenoxy) is 1. The Labute approximate surface area is 180 Å². The van der Waals surface area contributed by atoms with Crippen molar-refractivity contribution in [2.24, 2.45) is 7.05 Å². The molecule has 0 aliphatic heterocycles. The average molecular weight is 452 g/mol. The molecular formula is C20H22ClN3O5S. The van der Waals surface area contributed by atoms with Gasteiger partial charge in [0.05, 0.1) is 0 Å². The number of nitrogens with zero attached hydrogens (tertiary/aromatic N) is 3. The molecule has 0 saturated carbocycles. The predicted molar refractivity (Wildman–Crippen MR) is 112 cm³/mol. The van der Waals surface area contributed by atoms with Crippen LogP contribution in [0.4, 0.5) is 0 Å². The van der Waals surface area contributed by atoms with Gasteiger partial charge < -0.3 is 13.8 Å². The number of rotatable bonds is 8. The van der Waals surface area contributed by atoms with E-state index in [9.17, 15) is 13.2 Å². The van der Waals surface area contributed by atoms with E-state index in [1.54, 1.807) is 51.2 Å². The van der Waals surface area contributed by atoms with Crippen LogP contribution in [0.2, 0.25) is 5.02 Å². The molecule has 3 rings (SSSR count). The van der Waals surface area contributed by atoms with Gasteiger partial charge in [0.1, 0.15) is 16.3 Å². The van der Waals surface area contributed by atoms with Crippen molar-refractivity contribution in [1.82, 2.24) is 14.0 Å². The van der Waals surface area contributed by atoms with Crippen molar-refractivity contribution in [1.29, 1.82) is 0 Å². The minimum absolute atomic E-state index is 0.0466. The van der Waals surface area contributed by atoms with Gasteiger partial charge in [-0.15, -0.1) is 0 Å². The molecule has 0 amide bonds. The van der Waals surface area contributed by atoms with Gasteiger partial charge in [0.15, 0.2) is 12.4 Å². The fourth-order valence-electron chi connectivity index (χ4n) is 2.94. The first-order valence-electron chi connectivity index (χ1n) is 9.31. The maximum Gasteiger partial charge on any atom is 0.355 e. The Kier molecular flexibility index (Phi) is 6.64. The van der Waals surface area contributed by atoms with E-state index in [0.717, 1.165) is 5.56 Å². The molecule has 0 bridgehead atoms. The largest absolute Gasteiger partial charge is 0.453 e. The molecule has 2 aromatic heterocycles. The van der Waals surface area contributed by atoms with Crippen molar-refractivity contribution in [3.05, 3.63) is 59.1 Å². The second-order valence-electron chi connectivity index (χ2n) is 6.52. The first-order valence-corrected chi connectivity index (χ1v) is 11.1. The number of aryl methyl sites for hydroxylation is 1. The van der Waals surface area contributed by atoms with Gasteiger partial charge in [-0.2, -0.15) is 4.31 Å². The lowest BCUT2D eigenvalue weighted by Gasteiger charge is -2.17. The van der Waals surface area contributed by atoms with Crippen LogP contribution in [0.1, 0.15) is 30.1 Å². The molecule has 0 aliphatic carbocycles. The van der Waals surface area contributed by atoms with Crippen LogP contribution in [0.25, 0.3) is 11.3 Å². The Hall–Kier alpha value is -2.62. The summed E-state index contributed by atoms with van der Waals surface area (Å²) >= 11 is 5.88. The van der Waals surface area contributed by atoms with Crippen molar-refractivity contribution < 1.29 is 22.5 Å². The highest BCUT2D eigenvalue weighted by Gasteiger charge is 2.26. The average Bonchev–Trinajstić information content (AvgIpc) is 3.34. The molecule has 8 nitrogen and oxygen atoms in total. The molecule has 3 aromatic rings. The zero-order chi connectivity index (χ0) is 21.9. The molecule has 2 heterocycles. The van der Waals surface area contributed by atoms with Crippen LogP contribution in [0, 0.1) is 0 Å². The van der Waals surface area contributed by atoms with Crippen LogP contribution in [-0.4, -0.2) is 41.5 Å². The van der Waals surface area contributed by atoms with Gasteiger partial charge in [-0.25, -0.2) is 13.2 Å². The molecule has 160 valence electrons. The first-order chi connectivity index (χ1) is 14.3. The van der Waals surface area contributed by atoms with E-state index >= 15 is 0 Å². The fraction of sp³-hybridized carbons (Fsp3) is 0.300. The Morgan fingerprint density at radius 1 is 1.20 bits per heavy atom. The van der Waals surface area contributed by atoms with Crippen LogP contribution in [-0.2, 0) is 28.4 Å². The third kappa shape index (κ3) is 4.58. The number of benzene rings is 1. The van der Waals surface area contributed by atoms with E-state index in [-0.39, 0.29) is 17.2 Å². The Morgan fingerprint density at radius 2 is 1.87 bits per heavy atom. The lowest BCUT2D eigenvalue weighted by Crippen LogP contribution is -2.30. The summed E-state index contributed by atoms with van der Waals surface area (Å²) < 4.78 is 38.5. The minimum atomic E-state index is -3.67. The molecule has 0 spiro atoms. The van der Waals surface area contributed by atoms with E-state index in [2.05, 4.69) is 5.16 Å². The van der Waals surface area contributed by atoms with Crippen molar-refractivity contribution in [2.45, 2.75) is 25.3 Å². The number of sulfonamides is 1. The molecule has 1 aromatic carbocycles. The van der Waals surface area contributed by atoms with E-state index in [4.69, 9.17) is 20.9 Å². The van der Waals surface area contributed by atoms with Gasteiger partial charge in [0.2, 0.25) is 10.0 Å². The number of carbonyl (C=O) groups excluding carboxylic acids is 1. The van der Waals surface area contributed by atoms with Crippen LogP contribution in [0.15, 0.2) is 52.0 Å². The Bertz CT molecular complexity index is 1130. The molecule has 30 heavy (non-hydrogen) atoms. The number of aromatic nitrogens is 2. The Morgan fingerprint density at radius 3 is 2.50 bits per heavy atom. The quantitative estimate of drug-likeness (QED) is 0.484. The molecule has 0 unspecified atom stereocenters. The van der Waals surface area contributed by atoms with Crippen molar-refractivity contribution in [2.75, 3.05) is 13.1 Å². The summed E-state index contributed by atoms with van der Waals surface area (Å²) in [5.74, 6) is -0.304. The topological polar surface area (TPSA) is 94.6 Å². The van der Waals surface area contributed by atoms with Gasteiger partial charge in [0, 0.05) is 43.0 Å². The van der Waals surface area contributed by atoms with Crippen LogP contribution >= 0.6 is 11.6 Å². The van der Waals surface area contributed by atoms with Gasteiger partial charge >= 0.3 is 5.97 Å². The third-order valence-corrected chi connectivity index (χ3v) is 6.84. The van der Waals surface area contributed by atoms with E-state index < -0.39 is 16.0 Å². The van der Waals surface area contributed by atoms with E-state index in [1.165, 1.54) is 21.1 Å². The highest BCUT2D eigenvalue weighted by atomic mass is 35.5. The Balaban J connectivity index is 1.70. The van der Waals surface area contributed by atoms with Crippen LogP contribution in [0.5, 0.6) is 0 Å². The zero-order valence-electron chi connectivity index (χ0n) is 16.8. The summed E-state index contributed by atoms with van der Waals surface area (Å²) in [6, 6.07) is 10.1. The summed E-state index contributed by atoms with van der Waals surface area (Å²) in [6.45, 7) is 4.07. The number of hydrogen-bond donors (Lipinski definition) is 0. The summed E-state index contributed by atoms with van der Waals surface area (Å²) in [5.41, 5.74) is 1.52. The van der Waals surface area contributed by atoms with Crippen molar-refractivity contribution >= 4 is 27.6 Å². The predicted octanol–water partition coefficient (Wildman–Crippen LogP) is 3.72. The normalized spacial score (nSPS) is 11.8. The second kappa shape index (κ2) is 9.03. The maximum absolute atomic E-state index is 12.6. The molecule has 0 N–H and O–H groups in total. The standard InChI is InChI=1S/C20H22ClN3O5S/c1-4-24(5-2)30(26,27)17-11-19(23(3)12-17)20(25)28-13-16-10-18(22-29-16)14-6-8-15(21)9-7-14/h6-12H,4-5,13H2,1-3H3.